The van der Waals surface area contributed by atoms with Crippen LogP contribution in [0, 0.1) is 17.8 Å². The van der Waals surface area contributed by atoms with Crippen LogP contribution < -0.4 is 0 Å². The van der Waals surface area contributed by atoms with Gasteiger partial charge in [0.1, 0.15) is 0 Å². The van der Waals surface area contributed by atoms with Crippen molar-refractivity contribution in [3.63, 3.8) is 0 Å². The van der Waals surface area contributed by atoms with Crippen LogP contribution in [0.2, 0.25) is 0 Å². The second kappa shape index (κ2) is 4.21. The first-order valence-electron chi connectivity index (χ1n) is 6.15. The van der Waals surface area contributed by atoms with Crippen molar-refractivity contribution in [2.24, 2.45) is 11.8 Å². The van der Waals surface area contributed by atoms with Crippen LogP contribution in [0.25, 0.3) is 5.69 Å². The van der Waals surface area contributed by atoms with E-state index >= 15 is 0 Å². The largest absolute Gasteiger partial charge is 0.388 e. The monoisotopic (exact) mass is 246 g/mol. The van der Waals surface area contributed by atoms with E-state index in [9.17, 15) is 9.50 Å². The third-order valence-corrected chi connectivity index (χ3v) is 3.63. The molecule has 1 fully saturated rings. The Bertz CT molecular complexity index is 552. The SMILES string of the molecule is CC1CC1C(O)c1cnn(-c2ccccc2)c1F. The molecule has 1 aliphatic rings. The van der Waals surface area contributed by atoms with Crippen molar-refractivity contribution in [3.05, 3.63) is 48.0 Å². The van der Waals surface area contributed by atoms with Crippen LogP contribution >= 0.6 is 0 Å². The lowest BCUT2D eigenvalue weighted by molar-refractivity contribution is 0.143. The molecule has 0 radical (unpaired) electrons. The van der Waals surface area contributed by atoms with Gasteiger partial charge in [0.25, 0.3) is 0 Å². The summed E-state index contributed by atoms with van der Waals surface area (Å²) in [6, 6.07) is 9.09. The Morgan fingerprint density at radius 1 is 1.39 bits per heavy atom. The highest BCUT2D eigenvalue weighted by atomic mass is 19.1. The molecule has 0 saturated heterocycles. The number of hydrogen-bond donors (Lipinski definition) is 1. The standard InChI is InChI=1S/C14H15FN2O/c1-9-7-11(9)13(18)12-8-16-17(14(12)15)10-5-3-2-4-6-10/h2-6,8-9,11,13,18H,7H2,1H3. The highest BCUT2D eigenvalue weighted by Gasteiger charge is 2.41. The number of halogens is 1. The lowest BCUT2D eigenvalue weighted by atomic mass is 10.1. The molecule has 18 heavy (non-hydrogen) atoms. The fraction of sp³-hybridized carbons (Fsp3) is 0.357. The molecule has 3 atom stereocenters. The predicted molar refractivity (Wildman–Crippen MR) is 65.8 cm³/mol. The molecule has 0 amide bonds. The summed E-state index contributed by atoms with van der Waals surface area (Å²) in [6.45, 7) is 2.06. The summed E-state index contributed by atoms with van der Waals surface area (Å²) in [5.41, 5.74) is 0.963. The van der Waals surface area contributed by atoms with E-state index in [1.807, 2.05) is 18.2 Å². The molecule has 1 N–H and O–H groups in total. The molecule has 2 aromatic rings. The topological polar surface area (TPSA) is 38.1 Å². The van der Waals surface area contributed by atoms with Crippen molar-refractivity contribution in [1.82, 2.24) is 9.78 Å². The van der Waals surface area contributed by atoms with Crippen LogP contribution in [-0.2, 0) is 0 Å². The molecule has 94 valence electrons. The highest BCUT2D eigenvalue weighted by Crippen LogP contribution is 2.47. The number of rotatable bonds is 3. The number of para-hydroxylation sites is 1. The normalized spacial score (nSPS) is 23.9. The summed E-state index contributed by atoms with van der Waals surface area (Å²) >= 11 is 0. The van der Waals surface area contributed by atoms with Crippen molar-refractivity contribution >= 4 is 0 Å². The summed E-state index contributed by atoms with van der Waals surface area (Å²) in [5.74, 6) is 0.181. The smallest absolute Gasteiger partial charge is 0.222 e. The molecule has 1 heterocycles. The van der Waals surface area contributed by atoms with E-state index in [4.69, 9.17) is 0 Å². The maximum Gasteiger partial charge on any atom is 0.222 e. The maximum atomic E-state index is 14.2. The average Bonchev–Trinajstić information content (AvgIpc) is 2.99. The van der Waals surface area contributed by atoms with Crippen molar-refractivity contribution in [3.8, 4) is 5.69 Å². The predicted octanol–water partition coefficient (Wildman–Crippen LogP) is 2.70. The molecule has 3 unspecified atom stereocenters. The van der Waals surface area contributed by atoms with Gasteiger partial charge in [-0.05, 0) is 30.4 Å². The second-order valence-corrected chi connectivity index (χ2v) is 4.96. The summed E-state index contributed by atoms with van der Waals surface area (Å²) < 4.78 is 15.5. The molecular formula is C14H15FN2O. The van der Waals surface area contributed by atoms with Crippen LogP contribution in [0.5, 0.6) is 0 Å². The Kier molecular flexibility index (Phi) is 2.67. The zero-order chi connectivity index (χ0) is 12.7. The number of aliphatic hydroxyl groups is 1. The van der Waals surface area contributed by atoms with Gasteiger partial charge in [-0.2, -0.15) is 9.49 Å². The minimum atomic E-state index is -0.738. The van der Waals surface area contributed by atoms with Gasteiger partial charge < -0.3 is 5.11 Å². The van der Waals surface area contributed by atoms with Crippen LogP contribution in [0.4, 0.5) is 4.39 Å². The maximum absolute atomic E-state index is 14.2. The highest BCUT2D eigenvalue weighted by molar-refractivity contribution is 5.32. The van der Waals surface area contributed by atoms with Crippen molar-refractivity contribution in [2.45, 2.75) is 19.4 Å². The Labute approximate surface area is 105 Å². The van der Waals surface area contributed by atoms with Crippen LogP contribution in [-0.4, -0.2) is 14.9 Å². The fourth-order valence-electron chi connectivity index (χ4n) is 2.32. The first-order chi connectivity index (χ1) is 8.68. The van der Waals surface area contributed by atoms with E-state index in [0.717, 1.165) is 6.42 Å². The Morgan fingerprint density at radius 2 is 2.06 bits per heavy atom. The quantitative estimate of drug-likeness (QED) is 0.904. The summed E-state index contributed by atoms with van der Waals surface area (Å²) in [4.78, 5) is 0. The number of benzene rings is 1. The number of aromatic nitrogens is 2. The van der Waals surface area contributed by atoms with E-state index < -0.39 is 12.1 Å². The van der Waals surface area contributed by atoms with Gasteiger partial charge in [0.15, 0.2) is 0 Å². The molecule has 0 spiro atoms. The molecule has 0 aliphatic heterocycles. The van der Waals surface area contributed by atoms with Gasteiger partial charge in [0, 0.05) is 0 Å². The van der Waals surface area contributed by atoms with Gasteiger partial charge in [0.2, 0.25) is 5.95 Å². The number of hydrogen-bond acceptors (Lipinski definition) is 2. The van der Waals surface area contributed by atoms with Crippen LogP contribution in [0.3, 0.4) is 0 Å². The molecule has 3 rings (SSSR count). The van der Waals surface area contributed by atoms with Gasteiger partial charge in [0.05, 0.1) is 23.6 Å². The van der Waals surface area contributed by atoms with Gasteiger partial charge >= 0.3 is 0 Å². The molecule has 1 aliphatic carbocycles. The first kappa shape index (κ1) is 11.4. The molecule has 3 nitrogen and oxygen atoms in total. The Hall–Kier alpha value is -1.68. The molecule has 1 saturated carbocycles. The van der Waals surface area contributed by atoms with E-state index in [0.29, 0.717) is 17.2 Å². The second-order valence-electron chi connectivity index (χ2n) is 4.96. The first-order valence-corrected chi connectivity index (χ1v) is 6.15. The van der Waals surface area contributed by atoms with Crippen molar-refractivity contribution < 1.29 is 9.50 Å². The van der Waals surface area contributed by atoms with Crippen LogP contribution in [0.15, 0.2) is 36.5 Å². The van der Waals surface area contributed by atoms with Gasteiger partial charge in [-0.1, -0.05) is 25.1 Å². The number of nitrogens with zero attached hydrogens (tertiary/aromatic N) is 2. The van der Waals surface area contributed by atoms with E-state index in [2.05, 4.69) is 12.0 Å². The zero-order valence-corrected chi connectivity index (χ0v) is 10.1. The van der Waals surface area contributed by atoms with Crippen LogP contribution in [0.1, 0.15) is 25.0 Å². The van der Waals surface area contributed by atoms with Gasteiger partial charge in [-0.25, -0.2) is 4.68 Å². The van der Waals surface area contributed by atoms with Crippen molar-refractivity contribution in [2.75, 3.05) is 0 Å². The molecule has 1 aromatic carbocycles. The zero-order valence-electron chi connectivity index (χ0n) is 10.1. The van der Waals surface area contributed by atoms with Gasteiger partial charge in [-0.3, -0.25) is 0 Å². The Balaban J connectivity index is 1.93. The third-order valence-electron chi connectivity index (χ3n) is 3.63. The number of aliphatic hydroxyl groups excluding tert-OH is 1. The minimum absolute atomic E-state index is 0.174. The molecule has 1 aromatic heterocycles. The molecule has 4 heteroatoms. The average molecular weight is 246 g/mol. The van der Waals surface area contributed by atoms with Gasteiger partial charge in [-0.15, -0.1) is 0 Å². The van der Waals surface area contributed by atoms with E-state index in [-0.39, 0.29) is 5.92 Å². The van der Waals surface area contributed by atoms with E-state index in [1.165, 1.54) is 10.9 Å². The molecular weight excluding hydrogens is 231 g/mol. The molecule has 0 bridgehead atoms. The summed E-state index contributed by atoms with van der Waals surface area (Å²) in [6.07, 6.45) is 1.65. The lowest BCUT2D eigenvalue weighted by Crippen LogP contribution is -2.05. The third kappa shape index (κ3) is 1.82. The fourth-order valence-corrected chi connectivity index (χ4v) is 2.32. The summed E-state index contributed by atoms with van der Waals surface area (Å²) in [7, 11) is 0. The Morgan fingerprint density at radius 3 is 2.67 bits per heavy atom. The van der Waals surface area contributed by atoms with E-state index in [1.54, 1.807) is 12.1 Å². The minimum Gasteiger partial charge on any atom is -0.388 e. The lowest BCUT2D eigenvalue weighted by Gasteiger charge is -2.07. The van der Waals surface area contributed by atoms with Crippen molar-refractivity contribution in [1.29, 1.82) is 0 Å². The summed E-state index contributed by atoms with van der Waals surface area (Å²) in [5, 5.41) is 14.1.